The molecule has 4 aromatic rings. The van der Waals surface area contributed by atoms with Crippen molar-refractivity contribution >= 4 is 40.3 Å². The van der Waals surface area contributed by atoms with E-state index in [4.69, 9.17) is 23.9 Å². The predicted octanol–water partition coefficient (Wildman–Crippen LogP) is 4.59. The Balaban J connectivity index is 1.72. The molecule has 0 aliphatic carbocycles. The van der Waals surface area contributed by atoms with Crippen LogP contribution in [0, 0.1) is 6.92 Å². The van der Waals surface area contributed by atoms with Gasteiger partial charge in [-0.05, 0) is 71.4 Å². The van der Waals surface area contributed by atoms with Gasteiger partial charge in [-0.25, -0.2) is 14.6 Å². The summed E-state index contributed by atoms with van der Waals surface area (Å²) in [6, 6.07) is 12.7. The molecule has 11 heteroatoms. The number of fused-ring (bicyclic) bond motifs is 2. The first-order valence-corrected chi connectivity index (χ1v) is 15.7. The van der Waals surface area contributed by atoms with E-state index in [1.54, 1.807) is 36.6 Å². The molecule has 0 N–H and O–H groups in total. The summed E-state index contributed by atoms with van der Waals surface area (Å²) < 4.78 is 26.0. The molecule has 45 heavy (non-hydrogen) atoms. The Morgan fingerprint density at radius 1 is 1.04 bits per heavy atom. The lowest BCUT2D eigenvalue weighted by Gasteiger charge is -2.25. The van der Waals surface area contributed by atoms with E-state index in [9.17, 15) is 14.4 Å². The van der Waals surface area contributed by atoms with E-state index in [0.717, 1.165) is 22.2 Å². The van der Waals surface area contributed by atoms with E-state index < -0.39 is 18.0 Å². The zero-order chi connectivity index (χ0) is 32.4. The number of ether oxygens (including phenoxy) is 4. The number of nitrogens with zero attached hydrogens (tertiary/aromatic N) is 3. The minimum Gasteiger partial charge on any atom is -0.490 e. The van der Waals surface area contributed by atoms with Crippen molar-refractivity contribution in [3.8, 4) is 11.5 Å². The van der Waals surface area contributed by atoms with Crippen molar-refractivity contribution in [2.45, 2.75) is 53.6 Å². The topological polar surface area (TPSA) is 110 Å². The number of para-hydroxylation sites is 1. The van der Waals surface area contributed by atoms with Crippen LogP contribution in [0.4, 0.5) is 0 Å². The van der Waals surface area contributed by atoms with Crippen LogP contribution in [0.2, 0.25) is 0 Å². The maximum Gasteiger partial charge on any atom is 0.343 e. The number of aromatic nitrogens is 2. The molecule has 1 aliphatic rings. The van der Waals surface area contributed by atoms with Crippen LogP contribution in [0.25, 0.3) is 17.0 Å². The first-order chi connectivity index (χ1) is 21.6. The quantitative estimate of drug-likeness (QED) is 0.236. The summed E-state index contributed by atoms with van der Waals surface area (Å²) in [5.74, 6) is -0.411. The van der Waals surface area contributed by atoms with Crippen LogP contribution >= 0.6 is 11.3 Å². The molecule has 0 saturated carbocycles. The second kappa shape index (κ2) is 13.2. The van der Waals surface area contributed by atoms with Gasteiger partial charge >= 0.3 is 11.9 Å². The number of thiazole rings is 1. The molecule has 0 unspecified atom stereocenters. The summed E-state index contributed by atoms with van der Waals surface area (Å²) in [6.07, 6.45) is 1.93. The number of rotatable bonds is 10. The lowest BCUT2D eigenvalue weighted by Crippen LogP contribution is -2.40. The smallest absolute Gasteiger partial charge is 0.343 e. The van der Waals surface area contributed by atoms with Crippen molar-refractivity contribution < 1.29 is 28.5 Å². The molecule has 0 radical (unpaired) electrons. The number of carbonyl (C=O) groups excluding carboxylic acids is 2. The Labute approximate surface area is 264 Å². The lowest BCUT2D eigenvalue weighted by atomic mass is 9.95. The number of hydrogen-bond acceptors (Lipinski definition) is 9. The molecule has 10 nitrogen and oxygen atoms in total. The minimum absolute atomic E-state index is 0.163. The van der Waals surface area contributed by atoms with Gasteiger partial charge in [-0.2, -0.15) is 0 Å². The maximum atomic E-state index is 14.3. The van der Waals surface area contributed by atoms with E-state index in [-0.39, 0.29) is 30.4 Å². The van der Waals surface area contributed by atoms with E-state index >= 15 is 0 Å². The highest BCUT2D eigenvalue weighted by molar-refractivity contribution is 7.07. The molecule has 0 amide bonds. The summed E-state index contributed by atoms with van der Waals surface area (Å²) in [5.41, 5.74) is 4.16. The van der Waals surface area contributed by atoms with Crippen LogP contribution in [-0.2, 0) is 19.1 Å². The molecular formula is C34H37N3O7S. The molecule has 2 aromatic heterocycles. The van der Waals surface area contributed by atoms with Crippen LogP contribution in [0.15, 0.2) is 63.5 Å². The fourth-order valence-corrected chi connectivity index (χ4v) is 6.81. The van der Waals surface area contributed by atoms with E-state index in [1.165, 1.54) is 18.4 Å². The van der Waals surface area contributed by atoms with Crippen LogP contribution in [0.1, 0.15) is 63.5 Å². The van der Waals surface area contributed by atoms with Gasteiger partial charge in [0, 0.05) is 28.2 Å². The third-order valence-corrected chi connectivity index (χ3v) is 8.65. The van der Waals surface area contributed by atoms with Crippen LogP contribution in [0.3, 0.4) is 0 Å². The molecule has 2 aromatic carbocycles. The van der Waals surface area contributed by atoms with Gasteiger partial charge in [-0.1, -0.05) is 35.6 Å². The van der Waals surface area contributed by atoms with E-state index in [2.05, 4.69) is 37.5 Å². The molecule has 1 aliphatic heterocycles. The molecule has 1 atom stereocenters. The van der Waals surface area contributed by atoms with Crippen LogP contribution < -0.4 is 24.4 Å². The molecule has 5 rings (SSSR count). The first kappa shape index (κ1) is 31.8. The monoisotopic (exact) mass is 631 g/mol. The van der Waals surface area contributed by atoms with Crippen LogP contribution in [0.5, 0.6) is 11.5 Å². The number of allylic oxidation sites excluding steroid dienone is 1. The predicted molar refractivity (Wildman–Crippen MR) is 173 cm³/mol. The number of esters is 2. The summed E-state index contributed by atoms with van der Waals surface area (Å²) in [7, 11) is 1.28. The third kappa shape index (κ3) is 5.92. The number of carbonyl (C=O) groups is 2. The molecular weight excluding hydrogens is 594 g/mol. The number of hydrogen-bond donors (Lipinski definition) is 0. The number of methoxy groups -OCH3 is 1. The summed E-state index contributed by atoms with van der Waals surface area (Å²) in [4.78, 5) is 44.6. The minimum atomic E-state index is -0.839. The van der Waals surface area contributed by atoms with Gasteiger partial charge in [0.15, 0.2) is 22.9 Å². The van der Waals surface area contributed by atoms with Gasteiger partial charge in [0.1, 0.15) is 0 Å². The van der Waals surface area contributed by atoms with Crippen molar-refractivity contribution in [2.75, 3.05) is 26.9 Å². The lowest BCUT2D eigenvalue weighted by molar-refractivity contribution is -0.143. The van der Waals surface area contributed by atoms with Gasteiger partial charge in [0.25, 0.3) is 5.56 Å². The van der Waals surface area contributed by atoms with Crippen LogP contribution in [-0.4, -0.2) is 48.0 Å². The van der Waals surface area contributed by atoms with Crippen molar-refractivity contribution in [1.29, 1.82) is 0 Å². The van der Waals surface area contributed by atoms with Gasteiger partial charge < -0.3 is 23.5 Å². The second-order valence-electron chi connectivity index (χ2n) is 10.8. The zero-order valence-corrected chi connectivity index (χ0v) is 27.3. The highest BCUT2D eigenvalue weighted by atomic mass is 32.1. The Morgan fingerprint density at radius 2 is 1.80 bits per heavy atom. The zero-order valence-electron chi connectivity index (χ0n) is 26.5. The molecule has 3 heterocycles. The molecule has 0 fully saturated rings. The Hall–Kier alpha value is -4.64. The fraction of sp³-hybridized carbons (Fsp3) is 0.353. The Morgan fingerprint density at radius 3 is 2.49 bits per heavy atom. The maximum absolute atomic E-state index is 14.3. The molecule has 0 spiro atoms. The Kier molecular flexibility index (Phi) is 9.29. The van der Waals surface area contributed by atoms with Gasteiger partial charge in [0.2, 0.25) is 0 Å². The average molecular weight is 632 g/mol. The summed E-state index contributed by atoms with van der Waals surface area (Å²) >= 11 is 1.28. The van der Waals surface area contributed by atoms with Crippen molar-refractivity contribution in [3.63, 3.8) is 0 Å². The Bertz CT molecular complexity index is 2000. The standard InChI is InChI=1S/C34H37N3O7S/c1-8-42-27-16-22(14-15-26(27)44-18-29(38)41-7)31-30(33(40)43-9-2)20(5)35-34-37(31)32(39)28(45-34)17-24-21(6)36(19(3)4)25-13-11-10-12-23(24)25/h10-17,19,31H,8-9,18H2,1-7H3/b28-17+/t31-/m1/s1. The van der Waals surface area contributed by atoms with Crippen molar-refractivity contribution in [2.24, 2.45) is 4.99 Å². The third-order valence-electron chi connectivity index (χ3n) is 7.67. The molecule has 0 saturated heterocycles. The normalized spacial score (nSPS) is 14.8. The first-order valence-electron chi connectivity index (χ1n) is 14.9. The molecule has 236 valence electrons. The fourth-order valence-electron chi connectivity index (χ4n) is 5.78. The largest absolute Gasteiger partial charge is 0.490 e. The summed E-state index contributed by atoms with van der Waals surface area (Å²) in [6.45, 7) is 11.8. The highest BCUT2D eigenvalue weighted by Gasteiger charge is 2.34. The van der Waals surface area contributed by atoms with Crippen molar-refractivity contribution in [3.05, 3.63) is 90.2 Å². The van der Waals surface area contributed by atoms with Gasteiger partial charge in [-0.3, -0.25) is 9.36 Å². The second-order valence-corrected chi connectivity index (χ2v) is 11.8. The van der Waals surface area contributed by atoms with E-state index in [0.29, 0.717) is 38.7 Å². The van der Waals surface area contributed by atoms with Gasteiger partial charge in [-0.15, -0.1) is 0 Å². The highest BCUT2D eigenvalue weighted by Crippen LogP contribution is 2.36. The van der Waals surface area contributed by atoms with Crippen molar-refractivity contribution in [1.82, 2.24) is 9.13 Å². The van der Waals surface area contributed by atoms with Gasteiger partial charge in [0.05, 0.1) is 42.2 Å². The average Bonchev–Trinajstić information content (AvgIpc) is 3.48. The molecule has 0 bridgehead atoms. The number of benzene rings is 2. The summed E-state index contributed by atoms with van der Waals surface area (Å²) in [5, 5.41) is 1.05. The SMILES string of the molecule is CCOC(=O)C1=C(C)N=c2s/c(=C/c3c(C)n(C(C)C)c4ccccc34)c(=O)n2[C@@H]1c1ccc(OCC(=O)OC)c(OCC)c1. The van der Waals surface area contributed by atoms with E-state index in [1.807, 2.05) is 25.1 Å².